The van der Waals surface area contributed by atoms with Gasteiger partial charge in [-0.3, -0.25) is 4.68 Å². The van der Waals surface area contributed by atoms with Crippen LogP contribution in [0.4, 0.5) is 0 Å². The lowest BCUT2D eigenvalue weighted by Gasteiger charge is -2.33. The van der Waals surface area contributed by atoms with E-state index < -0.39 is 0 Å². The minimum atomic E-state index is 0.223. The van der Waals surface area contributed by atoms with Gasteiger partial charge in [-0.05, 0) is 64.2 Å². The van der Waals surface area contributed by atoms with Crippen LogP contribution < -0.4 is 0 Å². The lowest BCUT2D eigenvalue weighted by Crippen LogP contribution is -2.32. The summed E-state index contributed by atoms with van der Waals surface area (Å²) in [5.41, 5.74) is 0.223. The number of rotatable bonds is 2. The van der Waals surface area contributed by atoms with Crippen LogP contribution in [0, 0.1) is 3.70 Å². The zero-order chi connectivity index (χ0) is 12.6. The minimum Gasteiger partial charge on any atom is -0.370 e. The van der Waals surface area contributed by atoms with Gasteiger partial charge in [0.2, 0.25) is 0 Å². The molecule has 1 aliphatic carbocycles. The van der Waals surface area contributed by atoms with Crippen molar-refractivity contribution in [1.29, 1.82) is 0 Å². The summed E-state index contributed by atoms with van der Waals surface area (Å²) in [4.78, 5) is 0. The van der Waals surface area contributed by atoms with Gasteiger partial charge in [-0.2, -0.15) is 5.10 Å². The number of nitrogens with zero attached hydrogens (tertiary/aromatic N) is 2. The average Bonchev–Trinajstić information content (AvgIpc) is 2.86. The number of halogens is 2. The Kier molecular flexibility index (Phi) is 4.01. The molecule has 0 amide bonds. The number of ether oxygens (including phenoxy) is 1. The van der Waals surface area contributed by atoms with Crippen molar-refractivity contribution in [3.8, 4) is 0 Å². The summed E-state index contributed by atoms with van der Waals surface area (Å²) in [5.74, 6) is 0. The monoisotopic (exact) mass is 424 g/mol. The summed E-state index contributed by atoms with van der Waals surface area (Å²) in [6.45, 7) is 0.892. The second kappa shape index (κ2) is 5.40. The van der Waals surface area contributed by atoms with Crippen molar-refractivity contribution in [1.82, 2.24) is 9.78 Å². The first-order valence-electron chi connectivity index (χ1n) is 6.73. The van der Waals surface area contributed by atoms with Gasteiger partial charge < -0.3 is 4.74 Å². The van der Waals surface area contributed by atoms with Gasteiger partial charge >= 0.3 is 0 Å². The predicted molar refractivity (Wildman–Crippen MR) is 82.6 cm³/mol. The molecule has 1 aromatic heterocycles. The Labute approximate surface area is 130 Å². The normalized spacial score (nSPS) is 26.9. The first-order chi connectivity index (χ1) is 8.67. The number of aromatic nitrogens is 2. The topological polar surface area (TPSA) is 27.1 Å². The van der Waals surface area contributed by atoms with E-state index in [1.807, 2.05) is 4.68 Å². The van der Waals surface area contributed by atoms with E-state index >= 15 is 0 Å². The molecule has 2 fully saturated rings. The molecule has 1 atom stereocenters. The van der Waals surface area contributed by atoms with Crippen molar-refractivity contribution in [2.45, 2.75) is 63.2 Å². The van der Waals surface area contributed by atoms with Crippen molar-refractivity contribution in [3.05, 3.63) is 14.4 Å². The van der Waals surface area contributed by atoms with Crippen LogP contribution in [0.3, 0.4) is 0 Å². The molecule has 5 heteroatoms. The Morgan fingerprint density at radius 2 is 2.17 bits per heavy atom. The number of hydrogen-bond donors (Lipinski definition) is 0. The Hall–Kier alpha value is 0.380. The lowest BCUT2D eigenvalue weighted by molar-refractivity contribution is -0.0688. The smallest absolute Gasteiger partial charge is 0.137 e. The second-order valence-corrected chi connectivity index (χ2v) is 7.39. The van der Waals surface area contributed by atoms with E-state index in [1.165, 1.54) is 44.9 Å². The average molecular weight is 425 g/mol. The van der Waals surface area contributed by atoms with Crippen molar-refractivity contribution in [3.63, 3.8) is 0 Å². The standard InChI is InChI=1S/C13H18BrIN2O/c14-11-9-17(16-12(11)15)8-10-4-7-13(18-10)5-2-1-3-6-13/h9-10H,1-8H2. The maximum absolute atomic E-state index is 6.36. The number of hydrogen-bond acceptors (Lipinski definition) is 2. The third-order valence-electron chi connectivity index (χ3n) is 4.17. The molecule has 18 heavy (non-hydrogen) atoms. The lowest BCUT2D eigenvalue weighted by atomic mass is 9.83. The van der Waals surface area contributed by atoms with Crippen molar-refractivity contribution in [2.24, 2.45) is 0 Å². The van der Waals surface area contributed by atoms with Crippen molar-refractivity contribution < 1.29 is 4.74 Å². The second-order valence-electron chi connectivity index (χ2n) is 5.51. The van der Waals surface area contributed by atoms with E-state index in [-0.39, 0.29) is 5.60 Å². The van der Waals surface area contributed by atoms with Gasteiger partial charge in [0, 0.05) is 6.20 Å². The molecule has 2 heterocycles. The van der Waals surface area contributed by atoms with E-state index in [0.717, 1.165) is 14.7 Å². The quantitative estimate of drug-likeness (QED) is 0.667. The molecule has 0 bridgehead atoms. The minimum absolute atomic E-state index is 0.223. The van der Waals surface area contributed by atoms with Crippen molar-refractivity contribution >= 4 is 38.5 Å². The highest BCUT2D eigenvalue weighted by Gasteiger charge is 2.40. The summed E-state index contributed by atoms with van der Waals surface area (Å²) in [6.07, 6.45) is 11.5. The van der Waals surface area contributed by atoms with Crippen LogP contribution >= 0.6 is 38.5 Å². The van der Waals surface area contributed by atoms with Crippen LogP contribution in [-0.4, -0.2) is 21.5 Å². The van der Waals surface area contributed by atoms with Crippen LogP contribution in [0.25, 0.3) is 0 Å². The molecule has 1 saturated carbocycles. The van der Waals surface area contributed by atoms with Gasteiger partial charge in [0.15, 0.2) is 0 Å². The fourth-order valence-electron chi connectivity index (χ4n) is 3.26. The molecule has 3 nitrogen and oxygen atoms in total. The molecule has 1 aliphatic heterocycles. The Morgan fingerprint density at radius 1 is 1.39 bits per heavy atom. The SMILES string of the molecule is Brc1cn(CC2CCC3(CCCCC3)O2)nc1I. The molecular weight excluding hydrogens is 407 g/mol. The molecule has 0 radical (unpaired) electrons. The first-order valence-corrected chi connectivity index (χ1v) is 8.60. The molecule has 1 aromatic rings. The Bertz CT molecular complexity index is 409. The third kappa shape index (κ3) is 2.77. The third-order valence-corrected chi connectivity index (χ3v) is 6.29. The molecule has 1 spiro atoms. The maximum atomic E-state index is 6.36. The van der Waals surface area contributed by atoms with Crippen molar-refractivity contribution in [2.75, 3.05) is 0 Å². The van der Waals surface area contributed by atoms with E-state index in [0.29, 0.717) is 6.10 Å². The van der Waals surface area contributed by atoms with E-state index in [9.17, 15) is 0 Å². The van der Waals surface area contributed by atoms with Gasteiger partial charge in [-0.1, -0.05) is 19.3 Å². The fourth-order valence-corrected chi connectivity index (χ4v) is 4.00. The highest BCUT2D eigenvalue weighted by molar-refractivity contribution is 14.1. The van der Waals surface area contributed by atoms with Gasteiger partial charge in [0.1, 0.15) is 3.70 Å². The van der Waals surface area contributed by atoms with E-state index in [1.54, 1.807) is 0 Å². The summed E-state index contributed by atoms with van der Waals surface area (Å²) in [6, 6.07) is 0. The highest BCUT2D eigenvalue weighted by atomic mass is 127. The molecule has 0 aromatic carbocycles. The van der Waals surface area contributed by atoms with Gasteiger partial charge in [0.05, 0.1) is 22.7 Å². The molecule has 3 rings (SSSR count). The van der Waals surface area contributed by atoms with Gasteiger partial charge in [-0.15, -0.1) is 0 Å². The first kappa shape index (κ1) is 13.4. The summed E-state index contributed by atoms with van der Waals surface area (Å²) < 4.78 is 10.5. The predicted octanol–water partition coefficient (Wildman–Crippen LogP) is 4.13. The zero-order valence-corrected chi connectivity index (χ0v) is 14.1. The molecule has 2 aliphatic rings. The largest absolute Gasteiger partial charge is 0.370 e. The van der Waals surface area contributed by atoms with E-state index in [4.69, 9.17) is 4.74 Å². The van der Waals surface area contributed by atoms with Crippen LogP contribution in [0.15, 0.2) is 10.7 Å². The highest BCUT2D eigenvalue weighted by Crippen LogP contribution is 2.42. The van der Waals surface area contributed by atoms with Crippen LogP contribution in [0.1, 0.15) is 44.9 Å². The molecule has 0 N–H and O–H groups in total. The van der Waals surface area contributed by atoms with Crippen LogP contribution in [0.5, 0.6) is 0 Å². The molecule has 1 saturated heterocycles. The van der Waals surface area contributed by atoms with Crippen LogP contribution in [0.2, 0.25) is 0 Å². The van der Waals surface area contributed by atoms with Gasteiger partial charge in [0.25, 0.3) is 0 Å². The molecular formula is C13H18BrIN2O. The summed E-state index contributed by atoms with van der Waals surface area (Å²) in [7, 11) is 0. The Balaban J connectivity index is 1.62. The molecule has 1 unspecified atom stereocenters. The van der Waals surface area contributed by atoms with E-state index in [2.05, 4.69) is 49.8 Å². The fraction of sp³-hybridized carbons (Fsp3) is 0.769. The van der Waals surface area contributed by atoms with Crippen LogP contribution in [-0.2, 0) is 11.3 Å². The maximum Gasteiger partial charge on any atom is 0.137 e. The summed E-state index contributed by atoms with van der Waals surface area (Å²) in [5, 5.41) is 4.48. The Morgan fingerprint density at radius 3 is 2.83 bits per heavy atom. The summed E-state index contributed by atoms with van der Waals surface area (Å²) >= 11 is 5.75. The zero-order valence-electron chi connectivity index (χ0n) is 10.4. The van der Waals surface area contributed by atoms with Gasteiger partial charge in [-0.25, -0.2) is 0 Å². The molecule has 100 valence electrons.